The fourth-order valence-corrected chi connectivity index (χ4v) is 12.0. The highest BCUT2D eigenvalue weighted by atomic mass is 15.2. The Labute approximate surface area is 328 Å². The van der Waals surface area contributed by atoms with Gasteiger partial charge in [0.25, 0.3) is 6.71 Å². The van der Waals surface area contributed by atoms with E-state index < -0.39 is 0 Å². The zero-order valence-corrected chi connectivity index (χ0v) is 31.8. The molecule has 4 heterocycles. The molecule has 270 valence electrons. The summed E-state index contributed by atoms with van der Waals surface area (Å²) in [6.07, 6.45) is 13.5. The van der Waals surface area contributed by atoms with Crippen LogP contribution in [0.4, 0.5) is 5.69 Å². The molecule has 4 aliphatic rings. The minimum Gasteiger partial charge on any atom is -0.366 e. The van der Waals surface area contributed by atoms with Crippen LogP contribution in [0.3, 0.4) is 0 Å². The third-order valence-corrected chi connectivity index (χ3v) is 14.4. The highest BCUT2D eigenvalue weighted by Crippen LogP contribution is 2.45. The van der Waals surface area contributed by atoms with Crippen molar-refractivity contribution in [3.8, 4) is 22.5 Å². The molecule has 2 fully saturated rings. The van der Waals surface area contributed by atoms with Gasteiger partial charge in [-0.05, 0) is 113 Å². The second-order valence-electron chi connectivity index (χ2n) is 17.3. The first-order valence-corrected chi connectivity index (χ1v) is 21.4. The van der Waals surface area contributed by atoms with E-state index in [1.54, 1.807) is 0 Å². The predicted octanol–water partition coefficient (Wildman–Crippen LogP) is 11.3. The van der Waals surface area contributed by atoms with E-state index in [4.69, 9.17) is 0 Å². The van der Waals surface area contributed by atoms with E-state index in [1.807, 2.05) is 0 Å². The van der Waals surface area contributed by atoms with E-state index in [0.717, 1.165) is 0 Å². The summed E-state index contributed by atoms with van der Waals surface area (Å²) in [5, 5.41) is 8.10. The van der Waals surface area contributed by atoms with Gasteiger partial charge in [0.1, 0.15) is 0 Å². The highest BCUT2D eigenvalue weighted by molar-refractivity contribution is 7.00. The largest absolute Gasteiger partial charge is 0.366 e. The van der Waals surface area contributed by atoms with Crippen LogP contribution in [0, 0.1) is 0 Å². The summed E-state index contributed by atoms with van der Waals surface area (Å²) >= 11 is 0. The smallest absolute Gasteiger partial charge is 0.252 e. The maximum Gasteiger partial charge on any atom is 0.252 e. The van der Waals surface area contributed by atoms with Crippen LogP contribution in [0.2, 0.25) is 0 Å². The molecule has 3 nitrogen and oxygen atoms in total. The molecule has 4 heteroatoms. The van der Waals surface area contributed by atoms with E-state index >= 15 is 0 Å². The van der Waals surface area contributed by atoms with Crippen LogP contribution in [0.15, 0.2) is 133 Å². The number of anilines is 1. The molecule has 0 N–H and O–H groups in total. The molecule has 9 aromatic rings. The van der Waals surface area contributed by atoms with Crippen LogP contribution < -0.4 is 21.3 Å². The number of aromatic nitrogens is 2. The Hall–Kier alpha value is -5.74. The lowest BCUT2D eigenvalue weighted by molar-refractivity contribution is 0.340. The summed E-state index contributed by atoms with van der Waals surface area (Å²) in [5.74, 6) is 0. The van der Waals surface area contributed by atoms with Crippen molar-refractivity contribution >= 4 is 83.2 Å². The average molecular weight is 722 g/mol. The third kappa shape index (κ3) is 4.30. The van der Waals surface area contributed by atoms with Gasteiger partial charge in [0.05, 0.1) is 22.1 Å². The van der Waals surface area contributed by atoms with Gasteiger partial charge in [0.15, 0.2) is 0 Å². The number of nitrogens with zero attached hydrogens (tertiary/aromatic N) is 3. The fourth-order valence-electron chi connectivity index (χ4n) is 12.0. The Balaban J connectivity index is 1.17. The van der Waals surface area contributed by atoms with Crippen molar-refractivity contribution in [2.24, 2.45) is 0 Å². The third-order valence-electron chi connectivity index (χ3n) is 14.4. The quantitative estimate of drug-likeness (QED) is 0.165. The lowest BCUT2D eigenvalue weighted by atomic mass is 9.34. The second kappa shape index (κ2) is 11.9. The second-order valence-corrected chi connectivity index (χ2v) is 17.3. The summed E-state index contributed by atoms with van der Waals surface area (Å²) in [5.41, 5.74) is 16.3. The topological polar surface area (TPSA) is 13.1 Å². The first-order chi connectivity index (χ1) is 27.8. The number of para-hydroxylation sites is 1. The molecule has 2 aliphatic heterocycles. The number of rotatable bonds is 4. The van der Waals surface area contributed by atoms with Crippen molar-refractivity contribution in [1.29, 1.82) is 0 Å². The SMILES string of the molecule is c1ccc(-c2ccc3c(c2)c2cc4c5cc(N(C6CCCCC6)C6CCCCC6)ccc5n5c4c4c2n3-c2ccccc2B4c2cc3ccccc3cc2-5)cc1. The van der Waals surface area contributed by atoms with Crippen molar-refractivity contribution in [1.82, 2.24) is 9.13 Å². The minimum absolute atomic E-state index is 0.139. The lowest BCUT2D eigenvalue weighted by Crippen LogP contribution is -2.59. The Morgan fingerprint density at radius 1 is 0.446 bits per heavy atom. The molecule has 0 unspecified atom stereocenters. The number of fused-ring (bicyclic) bond motifs is 13. The van der Waals surface area contributed by atoms with Crippen LogP contribution in [0.1, 0.15) is 64.2 Å². The summed E-state index contributed by atoms with van der Waals surface area (Å²) in [6.45, 7) is 0.139. The maximum absolute atomic E-state index is 2.93. The molecule has 0 bridgehead atoms. The normalized spacial score (nSPS) is 16.8. The van der Waals surface area contributed by atoms with Crippen molar-refractivity contribution in [2.75, 3.05) is 4.90 Å². The van der Waals surface area contributed by atoms with Crippen molar-refractivity contribution in [2.45, 2.75) is 76.3 Å². The standard InChI is InChI=1S/C52H44BN3/c1-4-14-33(15-5-1)36-24-26-46-40(28-36)42-32-43-41-31-39(54(37-18-6-2-7-19-37)38-20-8-3-9-21-38)25-27-47(41)56-49-30-35-17-11-10-16-34(35)29-45(49)53-44-22-12-13-23-48(44)55(46)51(42)50(53)52(43)56/h1,4-5,10-17,22-32,37-38H,2-3,6-9,18-21H2. The molecular weight excluding hydrogens is 677 g/mol. The van der Waals surface area contributed by atoms with Gasteiger partial charge in [-0.3, -0.25) is 0 Å². The minimum atomic E-state index is 0.139. The predicted molar refractivity (Wildman–Crippen MR) is 239 cm³/mol. The van der Waals surface area contributed by atoms with Gasteiger partial charge in [0, 0.05) is 50.7 Å². The lowest BCUT2D eigenvalue weighted by Gasteiger charge is -2.43. The van der Waals surface area contributed by atoms with Gasteiger partial charge in [0.2, 0.25) is 0 Å². The molecule has 0 radical (unpaired) electrons. The van der Waals surface area contributed by atoms with Crippen LogP contribution in [-0.4, -0.2) is 27.9 Å². The van der Waals surface area contributed by atoms with E-state index in [9.17, 15) is 0 Å². The molecule has 13 rings (SSSR count). The highest BCUT2D eigenvalue weighted by Gasteiger charge is 2.41. The van der Waals surface area contributed by atoms with Crippen LogP contribution in [-0.2, 0) is 0 Å². The average Bonchev–Trinajstić information content (AvgIpc) is 3.78. The summed E-state index contributed by atoms with van der Waals surface area (Å²) in [4.78, 5) is 2.93. The molecule has 2 aliphatic carbocycles. The summed E-state index contributed by atoms with van der Waals surface area (Å²) < 4.78 is 5.27. The first kappa shape index (κ1) is 31.5. The van der Waals surface area contributed by atoms with Gasteiger partial charge in [-0.1, -0.05) is 123 Å². The van der Waals surface area contributed by atoms with E-state index in [1.165, 1.54) is 163 Å². The molecule has 2 saturated carbocycles. The number of hydrogen-bond acceptors (Lipinski definition) is 1. The van der Waals surface area contributed by atoms with Crippen molar-refractivity contribution in [3.05, 3.63) is 133 Å². The molecule has 7 aromatic carbocycles. The summed E-state index contributed by atoms with van der Waals surface area (Å²) in [7, 11) is 0. The zero-order chi connectivity index (χ0) is 36.5. The van der Waals surface area contributed by atoms with Crippen LogP contribution in [0.5, 0.6) is 0 Å². The van der Waals surface area contributed by atoms with E-state index in [2.05, 4.69) is 147 Å². The molecule has 2 aromatic heterocycles. The Morgan fingerprint density at radius 3 is 1.79 bits per heavy atom. The van der Waals surface area contributed by atoms with E-state index in [-0.39, 0.29) is 6.71 Å². The number of benzene rings is 7. The molecule has 56 heavy (non-hydrogen) atoms. The summed E-state index contributed by atoms with van der Waals surface area (Å²) in [6, 6.07) is 52.8. The maximum atomic E-state index is 2.93. The van der Waals surface area contributed by atoms with E-state index in [0.29, 0.717) is 12.1 Å². The van der Waals surface area contributed by atoms with Gasteiger partial charge < -0.3 is 14.0 Å². The number of hydrogen-bond donors (Lipinski definition) is 0. The Morgan fingerprint density at radius 2 is 1.05 bits per heavy atom. The fraction of sp³-hybridized carbons (Fsp3) is 0.231. The van der Waals surface area contributed by atoms with Gasteiger partial charge in [-0.25, -0.2) is 0 Å². The molecule has 0 atom stereocenters. The van der Waals surface area contributed by atoms with Crippen molar-refractivity contribution < 1.29 is 0 Å². The van der Waals surface area contributed by atoms with Gasteiger partial charge >= 0.3 is 0 Å². The Kier molecular flexibility index (Phi) is 6.68. The monoisotopic (exact) mass is 721 g/mol. The van der Waals surface area contributed by atoms with Crippen LogP contribution in [0.25, 0.3) is 76.9 Å². The van der Waals surface area contributed by atoms with Gasteiger partial charge in [-0.15, -0.1) is 0 Å². The zero-order valence-electron chi connectivity index (χ0n) is 31.8. The molecule has 0 spiro atoms. The first-order valence-electron chi connectivity index (χ1n) is 21.4. The van der Waals surface area contributed by atoms with Crippen LogP contribution >= 0.6 is 0 Å². The molecule has 0 amide bonds. The molecular formula is C52H44BN3. The molecule has 0 saturated heterocycles. The Bertz CT molecular complexity index is 3050. The van der Waals surface area contributed by atoms with Gasteiger partial charge in [-0.2, -0.15) is 0 Å². The van der Waals surface area contributed by atoms with Crippen molar-refractivity contribution in [3.63, 3.8) is 0 Å².